The molecule has 0 saturated carbocycles. The highest BCUT2D eigenvalue weighted by atomic mass is 32.1. The first-order chi connectivity index (χ1) is 9.25. The molecular formula is C14H15NO3S. The highest BCUT2D eigenvalue weighted by Gasteiger charge is 2.26. The third kappa shape index (κ3) is 2.48. The van der Waals surface area contributed by atoms with Crippen LogP contribution in [0.5, 0.6) is 0 Å². The molecule has 5 heteroatoms. The fourth-order valence-corrected chi connectivity index (χ4v) is 2.51. The summed E-state index contributed by atoms with van der Waals surface area (Å²) >= 11 is 4.41. The Kier molecular flexibility index (Phi) is 3.48. The SMILES string of the molecule is O=C(C(S)c1cc2ccccc2o1)N1CCOCC1. The van der Waals surface area contributed by atoms with Crippen LogP contribution in [0.3, 0.4) is 0 Å². The largest absolute Gasteiger partial charge is 0.459 e. The highest BCUT2D eigenvalue weighted by Crippen LogP contribution is 2.29. The zero-order valence-corrected chi connectivity index (χ0v) is 11.3. The number of thiol groups is 1. The maximum atomic E-state index is 12.3. The van der Waals surface area contributed by atoms with Crippen LogP contribution in [-0.2, 0) is 9.53 Å². The van der Waals surface area contributed by atoms with Crippen molar-refractivity contribution in [1.29, 1.82) is 0 Å². The lowest BCUT2D eigenvalue weighted by Crippen LogP contribution is -2.42. The molecule has 19 heavy (non-hydrogen) atoms. The first kappa shape index (κ1) is 12.6. The molecule has 1 fully saturated rings. The lowest BCUT2D eigenvalue weighted by molar-refractivity contribution is -0.135. The van der Waals surface area contributed by atoms with E-state index in [2.05, 4.69) is 12.6 Å². The van der Waals surface area contributed by atoms with Gasteiger partial charge in [0.2, 0.25) is 5.91 Å². The fraction of sp³-hybridized carbons (Fsp3) is 0.357. The predicted octanol–water partition coefficient (Wildman–Crippen LogP) is 2.26. The average Bonchev–Trinajstić information content (AvgIpc) is 2.90. The van der Waals surface area contributed by atoms with E-state index in [1.165, 1.54) is 0 Å². The Balaban J connectivity index is 1.82. The molecule has 1 unspecified atom stereocenters. The Labute approximate surface area is 116 Å². The molecule has 1 aliphatic rings. The van der Waals surface area contributed by atoms with Gasteiger partial charge < -0.3 is 14.1 Å². The molecule has 2 aromatic rings. The van der Waals surface area contributed by atoms with E-state index < -0.39 is 5.25 Å². The monoisotopic (exact) mass is 277 g/mol. The molecule has 1 atom stereocenters. The molecule has 2 heterocycles. The molecule has 100 valence electrons. The predicted molar refractivity (Wildman–Crippen MR) is 75.3 cm³/mol. The number of carbonyl (C=O) groups is 1. The van der Waals surface area contributed by atoms with Crippen LogP contribution in [0.4, 0.5) is 0 Å². The summed E-state index contributed by atoms with van der Waals surface area (Å²) in [6, 6.07) is 9.58. The van der Waals surface area contributed by atoms with Gasteiger partial charge in [-0.3, -0.25) is 4.79 Å². The second-order valence-corrected chi connectivity index (χ2v) is 5.04. The number of rotatable bonds is 2. The third-order valence-electron chi connectivity index (χ3n) is 3.27. The quantitative estimate of drug-likeness (QED) is 0.856. The topological polar surface area (TPSA) is 42.7 Å². The first-order valence-electron chi connectivity index (χ1n) is 6.29. The first-order valence-corrected chi connectivity index (χ1v) is 6.80. The maximum Gasteiger partial charge on any atom is 0.243 e. The van der Waals surface area contributed by atoms with Gasteiger partial charge in [0.25, 0.3) is 0 Å². The van der Waals surface area contributed by atoms with Gasteiger partial charge in [0.1, 0.15) is 16.6 Å². The number of morpholine rings is 1. The van der Waals surface area contributed by atoms with Gasteiger partial charge in [-0.15, -0.1) is 0 Å². The summed E-state index contributed by atoms with van der Waals surface area (Å²) in [4.78, 5) is 14.1. The smallest absolute Gasteiger partial charge is 0.243 e. The molecule has 1 saturated heterocycles. The lowest BCUT2D eigenvalue weighted by Gasteiger charge is -2.28. The van der Waals surface area contributed by atoms with Gasteiger partial charge in [-0.25, -0.2) is 0 Å². The van der Waals surface area contributed by atoms with Crippen LogP contribution in [0.1, 0.15) is 11.0 Å². The van der Waals surface area contributed by atoms with Crippen LogP contribution < -0.4 is 0 Å². The number of amides is 1. The average molecular weight is 277 g/mol. The molecule has 0 radical (unpaired) electrons. The van der Waals surface area contributed by atoms with Crippen LogP contribution in [0.15, 0.2) is 34.7 Å². The van der Waals surface area contributed by atoms with Crippen LogP contribution in [0.2, 0.25) is 0 Å². The van der Waals surface area contributed by atoms with Gasteiger partial charge in [-0.05, 0) is 12.1 Å². The highest BCUT2D eigenvalue weighted by molar-refractivity contribution is 7.81. The van der Waals surface area contributed by atoms with Crippen molar-refractivity contribution in [2.45, 2.75) is 5.25 Å². The Hall–Kier alpha value is -1.46. The van der Waals surface area contributed by atoms with Crippen LogP contribution in [0.25, 0.3) is 11.0 Å². The van der Waals surface area contributed by atoms with Crippen molar-refractivity contribution in [3.8, 4) is 0 Å². The molecule has 1 amide bonds. The van der Waals surface area contributed by atoms with Crippen molar-refractivity contribution < 1.29 is 13.9 Å². The van der Waals surface area contributed by atoms with Crippen molar-refractivity contribution in [3.05, 3.63) is 36.1 Å². The van der Waals surface area contributed by atoms with Crippen molar-refractivity contribution in [3.63, 3.8) is 0 Å². The Morgan fingerprint density at radius 1 is 1.26 bits per heavy atom. The second-order valence-electron chi connectivity index (χ2n) is 4.53. The Morgan fingerprint density at radius 3 is 2.74 bits per heavy atom. The number of ether oxygens (including phenoxy) is 1. The van der Waals surface area contributed by atoms with E-state index in [0.29, 0.717) is 32.1 Å². The maximum absolute atomic E-state index is 12.3. The molecule has 0 aliphatic carbocycles. The third-order valence-corrected chi connectivity index (χ3v) is 3.75. The summed E-state index contributed by atoms with van der Waals surface area (Å²) in [7, 11) is 0. The van der Waals surface area contributed by atoms with E-state index in [1.807, 2.05) is 30.3 Å². The van der Waals surface area contributed by atoms with E-state index in [-0.39, 0.29) is 5.91 Å². The van der Waals surface area contributed by atoms with E-state index >= 15 is 0 Å². The van der Waals surface area contributed by atoms with Crippen molar-refractivity contribution in [2.24, 2.45) is 0 Å². The zero-order chi connectivity index (χ0) is 13.2. The van der Waals surface area contributed by atoms with Gasteiger partial charge in [-0.2, -0.15) is 12.6 Å². The van der Waals surface area contributed by atoms with Gasteiger partial charge in [0.15, 0.2) is 0 Å². The van der Waals surface area contributed by atoms with Gasteiger partial charge in [-0.1, -0.05) is 18.2 Å². The van der Waals surface area contributed by atoms with E-state index in [4.69, 9.17) is 9.15 Å². The number of benzene rings is 1. The standard InChI is InChI=1S/C14H15NO3S/c16-14(15-5-7-17-8-6-15)13(19)12-9-10-3-1-2-4-11(10)18-12/h1-4,9,13,19H,5-8H2. The minimum absolute atomic E-state index is 0.0225. The van der Waals surface area contributed by atoms with Crippen molar-refractivity contribution >= 4 is 29.5 Å². The van der Waals surface area contributed by atoms with E-state index in [9.17, 15) is 4.79 Å². The zero-order valence-electron chi connectivity index (χ0n) is 10.4. The van der Waals surface area contributed by atoms with E-state index in [0.717, 1.165) is 11.0 Å². The van der Waals surface area contributed by atoms with Crippen molar-refractivity contribution in [2.75, 3.05) is 26.3 Å². The number of hydrogen-bond acceptors (Lipinski definition) is 4. The number of furan rings is 1. The van der Waals surface area contributed by atoms with Crippen molar-refractivity contribution in [1.82, 2.24) is 4.90 Å². The second kappa shape index (κ2) is 5.27. The fourth-order valence-electron chi connectivity index (χ4n) is 2.22. The molecule has 0 bridgehead atoms. The minimum atomic E-state index is -0.550. The Bertz CT molecular complexity index is 556. The summed E-state index contributed by atoms with van der Waals surface area (Å²) < 4.78 is 10.9. The molecule has 3 rings (SSSR count). The van der Waals surface area contributed by atoms with Gasteiger partial charge in [0.05, 0.1) is 13.2 Å². The number of para-hydroxylation sites is 1. The number of hydrogen-bond donors (Lipinski definition) is 1. The Morgan fingerprint density at radius 2 is 2.00 bits per heavy atom. The molecular weight excluding hydrogens is 262 g/mol. The molecule has 1 aromatic heterocycles. The summed E-state index contributed by atoms with van der Waals surface area (Å²) in [5.41, 5.74) is 0.784. The molecule has 4 nitrogen and oxygen atoms in total. The number of fused-ring (bicyclic) bond motifs is 1. The summed E-state index contributed by atoms with van der Waals surface area (Å²) in [5, 5.41) is 0.442. The van der Waals surface area contributed by atoms with E-state index in [1.54, 1.807) is 4.90 Å². The summed E-state index contributed by atoms with van der Waals surface area (Å²) in [6.45, 7) is 2.42. The lowest BCUT2D eigenvalue weighted by atomic mass is 10.2. The number of carbonyl (C=O) groups excluding carboxylic acids is 1. The summed E-state index contributed by atoms with van der Waals surface area (Å²) in [5.74, 6) is 0.576. The molecule has 1 aromatic carbocycles. The molecule has 1 aliphatic heterocycles. The number of nitrogens with zero attached hydrogens (tertiary/aromatic N) is 1. The van der Waals surface area contributed by atoms with Crippen LogP contribution in [-0.4, -0.2) is 37.1 Å². The normalized spacial score (nSPS) is 17.6. The van der Waals surface area contributed by atoms with Gasteiger partial charge in [0, 0.05) is 18.5 Å². The van der Waals surface area contributed by atoms with Crippen LogP contribution >= 0.6 is 12.6 Å². The van der Waals surface area contributed by atoms with Gasteiger partial charge >= 0.3 is 0 Å². The van der Waals surface area contributed by atoms with Crippen LogP contribution in [0, 0.1) is 0 Å². The summed E-state index contributed by atoms with van der Waals surface area (Å²) in [6.07, 6.45) is 0. The molecule has 0 spiro atoms. The minimum Gasteiger partial charge on any atom is -0.459 e. The molecule has 0 N–H and O–H groups in total.